The third kappa shape index (κ3) is 3.20. The van der Waals surface area contributed by atoms with E-state index in [4.69, 9.17) is 4.74 Å². The molecule has 6 nitrogen and oxygen atoms in total. The molecule has 132 valence electrons. The zero-order valence-electron chi connectivity index (χ0n) is 14.8. The van der Waals surface area contributed by atoms with Crippen LogP contribution >= 0.6 is 0 Å². The van der Waals surface area contributed by atoms with Crippen LogP contribution in [0.5, 0.6) is 0 Å². The van der Waals surface area contributed by atoms with Gasteiger partial charge in [0.1, 0.15) is 0 Å². The molecule has 24 heavy (non-hydrogen) atoms. The largest absolute Gasteiger partial charge is 0.378 e. The Hall–Kier alpha value is -1.82. The number of hydrogen-bond acceptors (Lipinski definition) is 3. The van der Waals surface area contributed by atoms with Crippen LogP contribution in [0.1, 0.15) is 37.4 Å². The maximum Gasteiger partial charge on any atom is 0.317 e. The average Bonchev–Trinajstić information content (AvgIpc) is 2.97. The molecule has 0 bridgehead atoms. The lowest BCUT2D eigenvalue weighted by Crippen LogP contribution is -2.46. The molecule has 3 rings (SSSR count). The summed E-state index contributed by atoms with van der Waals surface area (Å²) in [6.07, 6.45) is 3.54. The third-order valence-electron chi connectivity index (χ3n) is 5.51. The molecule has 0 radical (unpaired) electrons. The summed E-state index contributed by atoms with van der Waals surface area (Å²) in [5.74, 6) is 0. The van der Waals surface area contributed by atoms with Crippen LogP contribution in [0.3, 0.4) is 0 Å². The number of pyridine rings is 1. The van der Waals surface area contributed by atoms with Crippen LogP contribution in [0.25, 0.3) is 0 Å². The number of aryl methyl sites for hydroxylation is 1. The van der Waals surface area contributed by atoms with E-state index in [1.165, 1.54) is 0 Å². The normalized spacial score (nSPS) is 25.8. The van der Waals surface area contributed by atoms with Gasteiger partial charge in [0.2, 0.25) is 0 Å². The Labute approximate surface area is 142 Å². The summed E-state index contributed by atoms with van der Waals surface area (Å²) in [5, 5.41) is 2.89. The fraction of sp³-hybridized carbons (Fsp3) is 0.667. The highest BCUT2D eigenvalue weighted by atomic mass is 16.5. The number of aromatic nitrogens is 1. The smallest absolute Gasteiger partial charge is 0.317 e. The van der Waals surface area contributed by atoms with E-state index < -0.39 is 0 Å². The molecule has 2 amide bonds. The molecule has 0 atom stereocenters. The van der Waals surface area contributed by atoms with Gasteiger partial charge in [0.05, 0.1) is 6.10 Å². The SMILES string of the molecule is CCOC1CC2(CCN(C(=O)NCc3ccc(C)n(C)c3=O)C2)C1. The molecule has 1 aromatic rings. The highest BCUT2D eigenvalue weighted by Crippen LogP contribution is 2.49. The van der Waals surface area contributed by atoms with Gasteiger partial charge in [-0.3, -0.25) is 4.79 Å². The van der Waals surface area contributed by atoms with Crippen LogP contribution in [0.4, 0.5) is 4.79 Å². The van der Waals surface area contributed by atoms with Crippen molar-refractivity contribution in [1.29, 1.82) is 0 Å². The van der Waals surface area contributed by atoms with Gasteiger partial charge in [-0.25, -0.2) is 4.79 Å². The van der Waals surface area contributed by atoms with E-state index in [2.05, 4.69) is 5.32 Å². The number of hydrogen-bond donors (Lipinski definition) is 1. The Morgan fingerprint density at radius 1 is 1.42 bits per heavy atom. The average molecular weight is 333 g/mol. The zero-order valence-corrected chi connectivity index (χ0v) is 14.8. The number of rotatable bonds is 4. The van der Waals surface area contributed by atoms with Gasteiger partial charge in [-0.1, -0.05) is 6.07 Å². The number of ether oxygens (including phenoxy) is 1. The first-order valence-corrected chi connectivity index (χ1v) is 8.74. The summed E-state index contributed by atoms with van der Waals surface area (Å²) < 4.78 is 7.25. The van der Waals surface area contributed by atoms with Gasteiger partial charge in [-0.05, 0) is 44.6 Å². The van der Waals surface area contributed by atoms with Gasteiger partial charge in [-0.2, -0.15) is 0 Å². The van der Waals surface area contributed by atoms with Crippen LogP contribution in [0.15, 0.2) is 16.9 Å². The highest BCUT2D eigenvalue weighted by molar-refractivity contribution is 5.74. The van der Waals surface area contributed by atoms with Gasteiger partial charge in [-0.15, -0.1) is 0 Å². The minimum atomic E-state index is -0.0747. The van der Waals surface area contributed by atoms with Crippen LogP contribution < -0.4 is 10.9 Å². The number of carbonyl (C=O) groups excluding carboxylic acids is 1. The van der Waals surface area contributed by atoms with Crippen molar-refractivity contribution in [1.82, 2.24) is 14.8 Å². The molecule has 6 heteroatoms. The van der Waals surface area contributed by atoms with E-state index in [0.717, 1.165) is 44.7 Å². The number of nitrogens with zero attached hydrogens (tertiary/aromatic N) is 2. The number of nitrogens with one attached hydrogen (secondary N) is 1. The predicted molar refractivity (Wildman–Crippen MR) is 91.9 cm³/mol. The maximum atomic E-state index is 12.4. The molecule has 0 aromatic carbocycles. The summed E-state index contributed by atoms with van der Waals surface area (Å²) in [6, 6.07) is 3.62. The van der Waals surface area contributed by atoms with Crippen molar-refractivity contribution in [2.24, 2.45) is 12.5 Å². The van der Waals surface area contributed by atoms with Crippen molar-refractivity contribution in [2.45, 2.75) is 45.8 Å². The molecule has 1 spiro atoms. The number of urea groups is 1. The van der Waals surface area contributed by atoms with Crippen molar-refractivity contribution < 1.29 is 9.53 Å². The molecule has 1 saturated heterocycles. The maximum absolute atomic E-state index is 12.4. The summed E-state index contributed by atoms with van der Waals surface area (Å²) in [6.45, 7) is 6.54. The molecule has 1 aliphatic carbocycles. The third-order valence-corrected chi connectivity index (χ3v) is 5.51. The van der Waals surface area contributed by atoms with E-state index in [1.54, 1.807) is 17.7 Å². The Balaban J connectivity index is 1.52. The van der Waals surface area contributed by atoms with E-state index in [0.29, 0.717) is 11.7 Å². The molecule has 1 saturated carbocycles. The molecule has 0 unspecified atom stereocenters. The Kier molecular flexibility index (Phi) is 4.67. The van der Waals surface area contributed by atoms with Crippen molar-refractivity contribution in [3.63, 3.8) is 0 Å². The van der Waals surface area contributed by atoms with Crippen LogP contribution in [-0.4, -0.2) is 41.3 Å². The molecule has 2 aliphatic rings. The minimum absolute atomic E-state index is 0.0493. The first kappa shape index (κ1) is 17.0. The molecule has 1 aliphatic heterocycles. The Morgan fingerprint density at radius 3 is 2.88 bits per heavy atom. The van der Waals surface area contributed by atoms with Gasteiger partial charge >= 0.3 is 6.03 Å². The van der Waals surface area contributed by atoms with Crippen molar-refractivity contribution in [3.05, 3.63) is 33.7 Å². The first-order chi connectivity index (χ1) is 11.4. The van der Waals surface area contributed by atoms with Crippen molar-refractivity contribution in [2.75, 3.05) is 19.7 Å². The van der Waals surface area contributed by atoms with E-state index >= 15 is 0 Å². The predicted octanol–water partition coefficient (Wildman–Crippen LogP) is 1.79. The monoisotopic (exact) mass is 333 g/mol. The van der Waals surface area contributed by atoms with Crippen molar-refractivity contribution >= 4 is 6.03 Å². The second-order valence-corrected chi connectivity index (χ2v) is 7.18. The molecular weight excluding hydrogens is 306 g/mol. The lowest BCUT2D eigenvalue weighted by Gasteiger charge is -2.44. The Bertz CT molecular complexity index is 677. The first-order valence-electron chi connectivity index (χ1n) is 8.74. The number of amides is 2. The van der Waals surface area contributed by atoms with Crippen LogP contribution in [0.2, 0.25) is 0 Å². The summed E-state index contributed by atoms with van der Waals surface area (Å²) >= 11 is 0. The van der Waals surface area contributed by atoms with Gasteiger partial charge in [0.15, 0.2) is 0 Å². The lowest BCUT2D eigenvalue weighted by molar-refractivity contribution is -0.0704. The van der Waals surface area contributed by atoms with Gasteiger partial charge in [0.25, 0.3) is 5.56 Å². The number of likely N-dealkylation sites (tertiary alicyclic amines) is 1. The summed E-state index contributed by atoms with van der Waals surface area (Å²) in [5.41, 5.74) is 1.74. The second-order valence-electron chi connectivity index (χ2n) is 7.18. The second kappa shape index (κ2) is 6.59. The van der Waals surface area contributed by atoms with Gasteiger partial charge in [0, 0.05) is 44.5 Å². The Morgan fingerprint density at radius 2 is 2.17 bits per heavy atom. The van der Waals surface area contributed by atoms with E-state index in [-0.39, 0.29) is 23.6 Å². The van der Waals surface area contributed by atoms with Crippen LogP contribution in [-0.2, 0) is 18.3 Å². The number of carbonyl (C=O) groups is 1. The fourth-order valence-corrected chi connectivity index (χ4v) is 3.90. The topological polar surface area (TPSA) is 63.6 Å². The highest BCUT2D eigenvalue weighted by Gasteiger charge is 2.49. The molecular formula is C18H27N3O3. The van der Waals surface area contributed by atoms with Crippen LogP contribution in [0, 0.1) is 12.3 Å². The molecule has 2 fully saturated rings. The summed E-state index contributed by atoms with van der Waals surface area (Å²) in [7, 11) is 1.75. The lowest BCUT2D eigenvalue weighted by atomic mass is 9.66. The van der Waals surface area contributed by atoms with E-state index in [1.807, 2.05) is 24.8 Å². The molecule has 2 heterocycles. The van der Waals surface area contributed by atoms with Crippen molar-refractivity contribution in [3.8, 4) is 0 Å². The molecule has 1 N–H and O–H groups in total. The quantitative estimate of drug-likeness (QED) is 0.914. The fourth-order valence-electron chi connectivity index (χ4n) is 3.90. The zero-order chi connectivity index (χ0) is 17.3. The standard InChI is InChI=1S/C18H27N3O3/c1-4-24-15-9-18(10-15)7-8-21(12-18)17(23)19-11-14-6-5-13(2)20(3)16(14)22/h5-6,15H,4,7-12H2,1-3H3,(H,19,23). The summed E-state index contributed by atoms with van der Waals surface area (Å²) in [4.78, 5) is 26.4. The minimum Gasteiger partial charge on any atom is -0.378 e. The van der Waals surface area contributed by atoms with E-state index in [9.17, 15) is 9.59 Å². The molecule has 1 aromatic heterocycles. The van der Waals surface area contributed by atoms with Gasteiger partial charge < -0.3 is 19.5 Å².